The smallest absolute Gasteiger partial charge is 0.125 e. The molecule has 0 aliphatic rings. The van der Waals surface area contributed by atoms with Gasteiger partial charge in [-0.3, -0.25) is 0 Å². The molecule has 0 amide bonds. The molecule has 0 radical (unpaired) electrons. The second-order valence-corrected chi connectivity index (χ2v) is 17.0. The molecule has 53 heavy (non-hydrogen) atoms. The summed E-state index contributed by atoms with van der Waals surface area (Å²) < 4.78 is 12.4. The Hall–Kier alpha value is -1.18. The van der Waals surface area contributed by atoms with E-state index in [1.807, 2.05) is 0 Å². The second-order valence-electron chi connectivity index (χ2n) is 17.0. The van der Waals surface area contributed by atoms with Crippen molar-refractivity contribution in [1.29, 1.82) is 0 Å². The lowest BCUT2D eigenvalue weighted by Crippen LogP contribution is -2.02. The fraction of sp³-hybridized carbons (Fsp3) is 0.882. The molecule has 0 unspecified atom stereocenters. The van der Waals surface area contributed by atoms with Crippen molar-refractivity contribution in [1.82, 2.24) is 0 Å². The zero-order valence-electron chi connectivity index (χ0n) is 36.7. The first-order valence-corrected chi connectivity index (χ1v) is 24.6. The Morgan fingerprint density at radius 2 is 0.472 bits per heavy atom. The fourth-order valence-electron chi connectivity index (χ4n) is 7.99. The molecule has 2 nitrogen and oxygen atoms in total. The maximum absolute atomic E-state index is 6.18. The van der Waals surface area contributed by atoms with E-state index < -0.39 is 0 Å². The summed E-state index contributed by atoms with van der Waals surface area (Å²) >= 11 is 0. The third kappa shape index (κ3) is 35.0. The molecule has 0 fully saturated rings. The van der Waals surface area contributed by atoms with E-state index in [9.17, 15) is 0 Å². The van der Waals surface area contributed by atoms with Crippen molar-refractivity contribution in [3.8, 4) is 11.5 Å². The number of hydrogen-bond acceptors (Lipinski definition) is 2. The van der Waals surface area contributed by atoms with Gasteiger partial charge in [-0.25, -0.2) is 0 Å². The molecule has 0 atom stereocenters. The molecule has 0 bridgehead atoms. The van der Waals surface area contributed by atoms with Crippen molar-refractivity contribution in [2.75, 3.05) is 13.2 Å². The summed E-state index contributed by atoms with van der Waals surface area (Å²) in [5.41, 5.74) is 1.16. The van der Waals surface area contributed by atoms with Gasteiger partial charge in [-0.1, -0.05) is 264 Å². The van der Waals surface area contributed by atoms with E-state index in [1.54, 1.807) is 0 Å². The predicted molar refractivity (Wildman–Crippen MR) is 238 cm³/mol. The zero-order valence-corrected chi connectivity index (χ0v) is 36.7. The molecule has 2 heteroatoms. The third-order valence-electron chi connectivity index (χ3n) is 11.7. The lowest BCUT2D eigenvalue weighted by molar-refractivity contribution is 0.286. The molecule has 0 aliphatic carbocycles. The fourth-order valence-corrected chi connectivity index (χ4v) is 7.99. The molecular weight excluding hydrogens is 645 g/mol. The molecule has 1 aromatic carbocycles. The van der Waals surface area contributed by atoms with E-state index in [0.717, 1.165) is 43.1 Å². The minimum atomic E-state index is 0.822. The molecular formula is C51H96O2. The summed E-state index contributed by atoms with van der Waals surface area (Å²) in [4.78, 5) is 0. The average Bonchev–Trinajstić information content (AvgIpc) is 3.17. The van der Waals surface area contributed by atoms with Gasteiger partial charge in [0.2, 0.25) is 0 Å². The van der Waals surface area contributed by atoms with Crippen LogP contribution in [-0.2, 0) is 0 Å². The van der Waals surface area contributed by atoms with Crippen LogP contribution in [0.2, 0.25) is 0 Å². The van der Waals surface area contributed by atoms with Crippen molar-refractivity contribution >= 4 is 0 Å². The monoisotopic (exact) mass is 741 g/mol. The second kappa shape index (κ2) is 42.0. The standard InChI is InChI=1S/C51H96O2/c1-4-6-8-10-12-14-16-18-20-22-24-26-28-30-32-34-36-38-40-42-47-52-50-45-44-46-51(49(50)3)53-48-43-41-39-37-35-33-31-29-27-25-23-21-19-17-15-13-11-9-7-5-2/h44-46H,4-43,47-48H2,1-3H3. The van der Waals surface area contributed by atoms with E-state index in [0.29, 0.717) is 0 Å². The summed E-state index contributed by atoms with van der Waals surface area (Å²) in [5.74, 6) is 2.01. The largest absolute Gasteiger partial charge is 0.493 e. The van der Waals surface area contributed by atoms with Gasteiger partial charge in [0, 0.05) is 5.56 Å². The summed E-state index contributed by atoms with van der Waals surface area (Å²) in [6.45, 7) is 8.41. The van der Waals surface area contributed by atoms with Gasteiger partial charge in [0.15, 0.2) is 0 Å². The van der Waals surface area contributed by atoms with Crippen molar-refractivity contribution in [3.63, 3.8) is 0 Å². The highest BCUT2D eigenvalue weighted by Gasteiger charge is 2.06. The van der Waals surface area contributed by atoms with Gasteiger partial charge >= 0.3 is 0 Å². The molecule has 0 spiro atoms. The third-order valence-corrected chi connectivity index (χ3v) is 11.7. The van der Waals surface area contributed by atoms with Crippen LogP contribution < -0.4 is 9.47 Å². The Morgan fingerprint density at radius 3 is 0.679 bits per heavy atom. The SMILES string of the molecule is CCCCCCCCCCCCCCCCCCCCCCOc1cccc(OCCCCCCCCCCCCCCCCCCCCCC)c1C. The van der Waals surface area contributed by atoms with Crippen LogP contribution in [0.4, 0.5) is 0 Å². The van der Waals surface area contributed by atoms with Crippen molar-refractivity contribution in [3.05, 3.63) is 23.8 Å². The Morgan fingerprint density at radius 1 is 0.283 bits per heavy atom. The molecule has 1 rings (SSSR count). The van der Waals surface area contributed by atoms with Gasteiger partial charge in [0.05, 0.1) is 13.2 Å². The van der Waals surface area contributed by atoms with E-state index in [2.05, 4.69) is 39.0 Å². The Balaban J connectivity index is 1.84. The summed E-state index contributed by atoms with van der Waals surface area (Å²) in [5, 5.41) is 0. The van der Waals surface area contributed by atoms with E-state index in [-0.39, 0.29) is 0 Å². The van der Waals surface area contributed by atoms with Gasteiger partial charge in [0.1, 0.15) is 11.5 Å². The first-order chi connectivity index (χ1) is 26.3. The lowest BCUT2D eigenvalue weighted by Gasteiger charge is -2.14. The molecule has 0 N–H and O–H groups in total. The van der Waals surface area contributed by atoms with Crippen molar-refractivity contribution in [2.24, 2.45) is 0 Å². The zero-order chi connectivity index (χ0) is 38.0. The van der Waals surface area contributed by atoms with Crippen LogP contribution in [0.15, 0.2) is 18.2 Å². The van der Waals surface area contributed by atoms with Crippen molar-refractivity contribution < 1.29 is 9.47 Å². The number of ether oxygens (including phenoxy) is 2. The minimum Gasteiger partial charge on any atom is -0.493 e. The quantitative estimate of drug-likeness (QED) is 0.0620. The van der Waals surface area contributed by atoms with Gasteiger partial charge in [-0.2, -0.15) is 0 Å². The van der Waals surface area contributed by atoms with Crippen LogP contribution in [0.25, 0.3) is 0 Å². The topological polar surface area (TPSA) is 18.5 Å². The molecule has 0 saturated carbocycles. The number of hydrogen-bond donors (Lipinski definition) is 0. The van der Waals surface area contributed by atoms with Crippen molar-refractivity contribution in [2.45, 2.75) is 278 Å². The summed E-state index contributed by atoms with van der Waals surface area (Å²) in [6.07, 6.45) is 56.8. The highest BCUT2D eigenvalue weighted by atomic mass is 16.5. The summed E-state index contributed by atoms with van der Waals surface area (Å²) in [7, 11) is 0. The van der Waals surface area contributed by atoms with Crippen LogP contribution in [-0.4, -0.2) is 13.2 Å². The summed E-state index contributed by atoms with van der Waals surface area (Å²) in [6, 6.07) is 6.31. The normalized spacial score (nSPS) is 11.5. The van der Waals surface area contributed by atoms with Crippen LogP contribution in [0.1, 0.15) is 276 Å². The average molecular weight is 741 g/mol. The maximum Gasteiger partial charge on any atom is 0.125 e. The first-order valence-electron chi connectivity index (χ1n) is 24.6. The first kappa shape index (κ1) is 49.8. The van der Waals surface area contributed by atoms with Gasteiger partial charge in [0.25, 0.3) is 0 Å². The predicted octanol–water partition coefficient (Wildman–Crippen LogP) is 18.4. The van der Waals surface area contributed by atoms with Crippen LogP contribution in [0.5, 0.6) is 11.5 Å². The molecule has 312 valence electrons. The highest BCUT2D eigenvalue weighted by molar-refractivity contribution is 5.43. The van der Waals surface area contributed by atoms with E-state index in [4.69, 9.17) is 9.47 Å². The molecule has 0 heterocycles. The van der Waals surface area contributed by atoms with Crippen LogP contribution >= 0.6 is 0 Å². The number of rotatable bonds is 44. The Labute approximate surface area is 334 Å². The Bertz CT molecular complexity index is 769. The highest BCUT2D eigenvalue weighted by Crippen LogP contribution is 2.28. The molecule has 0 saturated heterocycles. The number of unbranched alkanes of at least 4 members (excludes halogenated alkanes) is 38. The molecule has 0 aliphatic heterocycles. The van der Waals surface area contributed by atoms with Crippen LogP contribution in [0.3, 0.4) is 0 Å². The van der Waals surface area contributed by atoms with Gasteiger partial charge in [-0.15, -0.1) is 0 Å². The van der Waals surface area contributed by atoms with E-state index in [1.165, 1.54) is 244 Å². The number of benzene rings is 1. The minimum absolute atomic E-state index is 0.822. The maximum atomic E-state index is 6.18. The molecule has 1 aromatic rings. The van der Waals surface area contributed by atoms with Gasteiger partial charge in [-0.05, 0) is 31.9 Å². The van der Waals surface area contributed by atoms with E-state index >= 15 is 0 Å². The lowest BCUT2D eigenvalue weighted by atomic mass is 10.0. The van der Waals surface area contributed by atoms with Gasteiger partial charge < -0.3 is 9.47 Å². The molecule has 0 aromatic heterocycles. The Kier molecular flexibility index (Phi) is 39.5. The van der Waals surface area contributed by atoms with Crippen LogP contribution in [0, 0.1) is 6.92 Å².